The second-order valence-electron chi connectivity index (χ2n) is 12.8. The van der Waals surface area contributed by atoms with Crippen LogP contribution in [0.2, 0.25) is 0 Å². The minimum atomic E-state index is -1.15. The summed E-state index contributed by atoms with van der Waals surface area (Å²) in [6, 6.07) is -2.10. The molecule has 0 aromatic carbocycles. The third-order valence-corrected chi connectivity index (χ3v) is 9.77. The van der Waals surface area contributed by atoms with Crippen LogP contribution in [-0.4, -0.2) is 69.5 Å². The van der Waals surface area contributed by atoms with Crippen molar-refractivity contribution >= 4 is 52.7 Å². The zero-order valence-electron chi connectivity index (χ0n) is 24.2. The van der Waals surface area contributed by atoms with E-state index in [-0.39, 0.29) is 49.1 Å². The van der Waals surface area contributed by atoms with Crippen LogP contribution in [0.3, 0.4) is 0 Å². The molecule has 11 heteroatoms. The summed E-state index contributed by atoms with van der Waals surface area (Å²) in [7, 11) is 0. The highest BCUT2D eigenvalue weighted by molar-refractivity contribution is 6.51. The number of rotatable bonds is 12. The summed E-state index contributed by atoms with van der Waals surface area (Å²) in [5.41, 5.74) is -0.799. The molecule has 0 aromatic heterocycles. The molecule has 2 N–H and O–H groups in total. The number of nitrogens with one attached hydrogen (secondary N) is 2. The lowest BCUT2D eigenvalue weighted by Gasteiger charge is -2.35. The third kappa shape index (κ3) is 7.19. The quantitative estimate of drug-likeness (QED) is 0.153. The number of carbonyl (C=O) groups excluding carboxylic acids is 5. The van der Waals surface area contributed by atoms with Crippen molar-refractivity contribution < 1.29 is 28.7 Å². The van der Waals surface area contributed by atoms with E-state index in [0.29, 0.717) is 6.42 Å². The number of alkyl halides is 2. The molecule has 3 aliphatic rings. The lowest BCUT2D eigenvalue weighted by atomic mass is 9.81. The number of ether oxygens (including phenoxy) is 1. The van der Waals surface area contributed by atoms with Crippen LogP contribution in [0.5, 0.6) is 0 Å². The van der Waals surface area contributed by atoms with Gasteiger partial charge in [0.05, 0.1) is 12.5 Å². The van der Waals surface area contributed by atoms with Gasteiger partial charge < -0.3 is 20.3 Å². The molecular formula is C29H43Cl2N3O6. The molecule has 9 nitrogen and oxygen atoms in total. The molecule has 2 aliphatic carbocycles. The molecular weight excluding hydrogens is 557 g/mol. The topological polar surface area (TPSA) is 122 Å². The lowest BCUT2D eigenvalue weighted by Crippen LogP contribution is -2.56. The highest BCUT2D eigenvalue weighted by Gasteiger charge is 2.74. The number of esters is 1. The second-order valence-corrected chi connectivity index (χ2v) is 14.2. The summed E-state index contributed by atoms with van der Waals surface area (Å²) >= 11 is 12.9. The van der Waals surface area contributed by atoms with Gasteiger partial charge in [-0.1, -0.05) is 33.8 Å². The van der Waals surface area contributed by atoms with Crippen molar-refractivity contribution in [3.05, 3.63) is 12.7 Å². The molecule has 0 aromatic rings. The van der Waals surface area contributed by atoms with Gasteiger partial charge in [-0.2, -0.15) is 0 Å². The first-order chi connectivity index (χ1) is 18.5. The van der Waals surface area contributed by atoms with Crippen LogP contribution in [-0.2, 0) is 28.7 Å². The maximum atomic E-state index is 13.6. The zero-order chi connectivity index (χ0) is 30.0. The number of fused-ring (bicyclic) bond motifs is 1. The molecule has 40 heavy (non-hydrogen) atoms. The Kier molecular flexibility index (Phi) is 10.0. The van der Waals surface area contributed by atoms with Gasteiger partial charge in [-0.3, -0.25) is 24.0 Å². The number of allylic oxidation sites excluding steroid dienone is 1. The van der Waals surface area contributed by atoms with E-state index in [1.165, 1.54) is 4.90 Å². The van der Waals surface area contributed by atoms with Gasteiger partial charge in [0.15, 0.2) is 0 Å². The molecule has 1 heterocycles. The normalized spacial score (nSPS) is 25.8. The number of ketones is 1. The molecule has 1 saturated heterocycles. The fourth-order valence-corrected chi connectivity index (χ4v) is 6.46. The van der Waals surface area contributed by atoms with Gasteiger partial charge in [-0.25, -0.2) is 0 Å². The van der Waals surface area contributed by atoms with Gasteiger partial charge in [0.2, 0.25) is 17.6 Å². The zero-order valence-corrected chi connectivity index (χ0v) is 25.7. The Balaban J connectivity index is 1.63. The van der Waals surface area contributed by atoms with E-state index in [1.807, 2.05) is 34.6 Å². The summed E-state index contributed by atoms with van der Waals surface area (Å²) in [5, 5.41) is 5.15. The smallest absolute Gasteiger partial charge is 0.308 e. The minimum absolute atomic E-state index is 0.0675. The molecule has 0 unspecified atom stereocenters. The Hall–Kier alpha value is -2.13. The molecule has 5 atom stereocenters. The van der Waals surface area contributed by atoms with Gasteiger partial charge in [-0.15, -0.1) is 29.8 Å². The average molecular weight is 601 g/mol. The molecule has 0 bridgehead atoms. The Labute approximate surface area is 247 Å². The fraction of sp³-hybridized carbons (Fsp3) is 0.759. The highest BCUT2D eigenvalue weighted by Crippen LogP contribution is 2.65. The van der Waals surface area contributed by atoms with Crippen molar-refractivity contribution in [1.82, 2.24) is 15.5 Å². The number of hydrogen-bond acceptors (Lipinski definition) is 6. The Morgan fingerprint density at radius 2 is 1.77 bits per heavy atom. The van der Waals surface area contributed by atoms with Crippen LogP contribution < -0.4 is 10.6 Å². The molecule has 0 radical (unpaired) electrons. The number of amides is 3. The Morgan fingerprint density at radius 3 is 2.35 bits per heavy atom. The van der Waals surface area contributed by atoms with Crippen molar-refractivity contribution in [2.75, 3.05) is 13.1 Å². The summed E-state index contributed by atoms with van der Waals surface area (Å²) < 4.78 is 4.42. The van der Waals surface area contributed by atoms with Crippen molar-refractivity contribution in [1.29, 1.82) is 0 Å². The van der Waals surface area contributed by atoms with Gasteiger partial charge in [0.1, 0.15) is 16.0 Å². The van der Waals surface area contributed by atoms with Crippen molar-refractivity contribution in [2.45, 2.75) is 102 Å². The van der Waals surface area contributed by atoms with Gasteiger partial charge in [0.25, 0.3) is 5.91 Å². The predicted octanol–water partition coefficient (Wildman–Crippen LogP) is 3.70. The fourth-order valence-electron chi connectivity index (χ4n) is 5.64. The number of hydrogen-bond donors (Lipinski definition) is 2. The summed E-state index contributed by atoms with van der Waals surface area (Å²) in [6.45, 7) is 13.4. The van der Waals surface area contributed by atoms with Crippen molar-refractivity contribution in [3.63, 3.8) is 0 Å². The molecule has 224 valence electrons. The Morgan fingerprint density at radius 1 is 1.15 bits per heavy atom. The summed E-state index contributed by atoms with van der Waals surface area (Å²) in [4.78, 5) is 66.4. The number of carbonyl (C=O) groups is 5. The van der Waals surface area contributed by atoms with Crippen molar-refractivity contribution in [3.8, 4) is 0 Å². The number of nitrogens with zero attached hydrogens (tertiary/aromatic N) is 1. The van der Waals surface area contributed by atoms with E-state index in [9.17, 15) is 24.0 Å². The third-order valence-electron chi connectivity index (χ3n) is 8.71. The standard InChI is InChI=1S/C29H43Cl2N3O6/c1-7-8-11-19(23(36)25(38)32-15-12-20(35)40-28(6)13-9-10-14-28)33-24(37)22-21-18(29(21,30)31)16-34(22)26(39)17(2)27(3,4)5/h7,17-19,21-22H,1,8-16H2,2-6H3,(H,32,38)(H,33,37)/t17-,18+,19+,21+,22+/m1/s1. The van der Waals surface area contributed by atoms with Crippen LogP contribution >= 0.6 is 23.2 Å². The second kappa shape index (κ2) is 12.4. The first-order valence-electron chi connectivity index (χ1n) is 14.2. The summed E-state index contributed by atoms with van der Waals surface area (Å²) in [6.07, 6.45) is 5.65. The van der Waals surface area contributed by atoms with E-state index < -0.39 is 51.5 Å². The predicted molar refractivity (Wildman–Crippen MR) is 152 cm³/mol. The van der Waals surface area contributed by atoms with E-state index >= 15 is 0 Å². The van der Waals surface area contributed by atoms with Crippen LogP contribution in [0.25, 0.3) is 0 Å². The SMILES string of the molecule is C=CCC[C@H](NC(=O)[C@@H]1[C@@H]2[C@H](CN1C(=O)[C@@H](C)C(C)(C)C)C2(Cl)Cl)C(=O)C(=O)NCCC(=O)OC1(C)CCCC1. The maximum absolute atomic E-state index is 13.6. The maximum Gasteiger partial charge on any atom is 0.308 e. The van der Waals surface area contributed by atoms with E-state index in [4.69, 9.17) is 27.9 Å². The number of Topliss-reactive ketones (excluding diaryl/α,β-unsaturated/α-hetero) is 1. The van der Waals surface area contributed by atoms with Crippen LogP contribution in [0.4, 0.5) is 0 Å². The Bertz CT molecular complexity index is 1030. The number of likely N-dealkylation sites (tertiary alicyclic amines) is 1. The van der Waals surface area contributed by atoms with Crippen molar-refractivity contribution in [2.24, 2.45) is 23.2 Å². The number of halogens is 2. The van der Waals surface area contributed by atoms with E-state index in [2.05, 4.69) is 17.2 Å². The average Bonchev–Trinajstić information content (AvgIpc) is 3.23. The molecule has 3 rings (SSSR count). The van der Waals surface area contributed by atoms with Crippen LogP contribution in [0, 0.1) is 23.2 Å². The molecule has 2 saturated carbocycles. The van der Waals surface area contributed by atoms with Gasteiger partial charge in [0, 0.05) is 30.8 Å². The monoisotopic (exact) mass is 599 g/mol. The molecule has 0 spiro atoms. The first kappa shape index (κ1) is 32.4. The van der Waals surface area contributed by atoms with E-state index in [0.717, 1.165) is 25.7 Å². The molecule has 3 amide bonds. The number of piperidine rings is 1. The molecule has 1 aliphatic heterocycles. The highest BCUT2D eigenvalue weighted by atomic mass is 35.5. The van der Waals surface area contributed by atoms with Crippen LogP contribution in [0.1, 0.15) is 79.6 Å². The largest absolute Gasteiger partial charge is 0.459 e. The summed E-state index contributed by atoms with van der Waals surface area (Å²) in [5.74, 6) is -4.05. The molecule has 3 fully saturated rings. The van der Waals surface area contributed by atoms with Gasteiger partial charge in [-0.05, 0) is 50.9 Å². The van der Waals surface area contributed by atoms with E-state index in [1.54, 1.807) is 6.08 Å². The van der Waals surface area contributed by atoms with Crippen LogP contribution in [0.15, 0.2) is 12.7 Å². The minimum Gasteiger partial charge on any atom is -0.459 e. The first-order valence-corrected chi connectivity index (χ1v) is 14.9. The van der Waals surface area contributed by atoms with Gasteiger partial charge >= 0.3 is 5.97 Å². The lowest BCUT2D eigenvalue weighted by molar-refractivity contribution is -0.157.